The van der Waals surface area contributed by atoms with Crippen molar-refractivity contribution in [1.82, 2.24) is 0 Å². The molecule has 0 radical (unpaired) electrons. The number of benzene rings is 1. The van der Waals surface area contributed by atoms with Gasteiger partial charge in [0, 0.05) is 22.4 Å². The molecule has 1 aliphatic carbocycles. The van der Waals surface area contributed by atoms with E-state index in [1.54, 1.807) is 6.07 Å². The van der Waals surface area contributed by atoms with Gasteiger partial charge in [0.05, 0.1) is 18.8 Å². The molecule has 1 aliphatic heterocycles. The predicted octanol–water partition coefficient (Wildman–Crippen LogP) is 2.35. The van der Waals surface area contributed by atoms with E-state index in [1.165, 1.54) is 30.0 Å². The third-order valence-electron chi connectivity index (χ3n) is 4.66. The zero-order chi connectivity index (χ0) is 19.6. The van der Waals surface area contributed by atoms with E-state index in [-0.39, 0.29) is 24.0 Å². The predicted molar refractivity (Wildman–Crippen MR) is 98.1 cm³/mol. The number of carbonyl (C=O) groups is 1. The summed E-state index contributed by atoms with van der Waals surface area (Å²) < 4.78 is 24.6. The number of rotatable bonds is 6. The molecule has 9 heteroatoms. The van der Waals surface area contributed by atoms with Crippen LogP contribution in [0.4, 0.5) is 4.39 Å². The molecule has 0 amide bonds. The van der Waals surface area contributed by atoms with Gasteiger partial charge in [0.1, 0.15) is 18.0 Å². The van der Waals surface area contributed by atoms with Crippen molar-refractivity contribution in [3.8, 4) is 0 Å². The Kier molecular flexibility index (Phi) is 6.45. The largest absolute Gasteiger partial charge is 0.478 e. The van der Waals surface area contributed by atoms with Crippen molar-refractivity contribution < 1.29 is 34.0 Å². The average molecular weight is 419 g/mol. The number of hydrogen-bond donors (Lipinski definition) is 3. The fourth-order valence-electron chi connectivity index (χ4n) is 3.28. The van der Waals surface area contributed by atoms with Crippen LogP contribution in [0.15, 0.2) is 29.8 Å². The van der Waals surface area contributed by atoms with Gasteiger partial charge in [0.15, 0.2) is 5.79 Å². The van der Waals surface area contributed by atoms with Crippen LogP contribution in [0.1, 0.15) is 18.4 Å². The van der Waals surface area contributed by atoms with Gasteiger partial charge in [0.2, 0.25) is 0 Å². The molecule has 1 aromatic carbocycles. The van der Waals surface area contributed by atoms with Crippen LogP contribution in [0.3, 0.4) is 0 Å². The first-order chi connectivity index (χ1) is 12.9. The van der Waals surface area contributed by atoms with Crippen LogP contribution >= 0.6 is 23.4 Å². The summed E-state index contributed by atoms with van der Waals surface area (Å²) in [6, 6.07) is 4.13. The maximum atomic E-state index is 13.2. The van der Waals surface area contributed by atoms with Gasteiger partial charge < -0.3 is 24.8 Å². The van der Waals surface area contributed by atoms with Gasteiger partial charge >= 0.3 is 5.97 Å². The number of aliphatic hydroxyl groups excluding tert-OH is 2. The van der Waals surface area contributed by atoms with Crippen molar-refractivity contribution in [2.24, 2.45) is 0 Å². The highest BCUT2D eigenvalue weighted by Crippen LogP contribution is 2.43. The first-order valence-electron chi connectivity index (χ1n) is 8.46. The van der Waals surface area contributed by atoms with Crippen molar-refractivity contribution in [3.05, 3.63) is 46.3 Å². The first-order valence-corrected chi connectivity index (χ1v) is 9.89. The van der Waals surface area contributed by atoms with Crippen molar-refractivity contribution in [2.75, 3.05) is 13.2 Å². The average Bonchev–Trinajstić information content (AvgIpc) is 2.99. The molecule has 1 fully saturated rings. The molecule has 0 saturated carbocycles. The van der Waals surface area contributed by atoms with E-state index in [0.717, 1.165) is 5.56 Å². The van der Waals surface area contributed by atoms with E-state index in [9.17, 15) is 24.5 Å². The minimum atomic E-state index is -1.25. The highest BCUT2D eigenvalue weighted by molar-refractivity contribution is 7.99. The molecule has 0 bridgehead atoms. The summed E-state index contributed by atoms with van der Waals surface area (Å²) in [4.78, 5) is 11.8. The number of halogens is 2. The lowest BCUT2D eigenvalue weighted by molar-refractivity contribution is -0.153. The van der Waals surface area contributed by atoms with Crippen molar-refractivity contribution in [3.63, 3.8) is 0 Å². The lowest BCUT2D eigenvalue weighted by Crippen LogP contribution is -2.37. The molecular formula is C18H20ClFO6S. The van der Waals surface area contributed by atoms with E-state index >= 15 is 0 Å². The monoisotopic (exact) mass is 418 g/mol. The summed E-state index contributed by atoms with van der Waals surface area (Å²) in [6.07, 6.45) is 0.886. The third-order valence-corrected chi connectivity index (χ3v) is 6.38. The number of ether oxygens (including phenoxy) is 2. The molecule has 3 rings (SSSR count). The van der Waals surface area contributed by atoms with Crippen LogP contribution in [-0.2, 0) is 20.0 Å². The van der Waals surface area contributed by atoms with E-state index in [1.807, 2.05) is 0 Å². The van der Waals surface area contributed by atoms with Crippen molar-refractivity contribution >= 4 is 29.3 Å². The molecule has 1 heterocycles. The zero-order valence-electron chi connectivity index (χ0n) is 14.3. The minimum absolute atomic E-state index is 0.139. The topological polar surface area (TPSA) is 96.2 Å². The van der Waals surface area contributed by atoms with Gasteiger partial charge in [-0.15, -0.1) is 11.8 Å². The maximum Gasteiger partial charge on any atom is 0.332 e. The van der Waals surface area contributed by atoms with Crippen LogP contribution in [0.2, 0.25) is 5.02 Å². The molecule has 1 spiro atoms. The number of hydrogen-bond acceptors (Lipinski definition) is 6. The van der Waals surface area contributed by atoms with E-state index < -0.39 is 29.8 Å². The van der Waals surface area contributed by atoms with E-state index in [2.05, 4.69) is 0 Å². The maximum absolute atomic E-state index is 13.2. The smallest absolute Gasteiger partial charge is 0.332 e. The summed E-state index contributed by atoms with van der Waals surface area (Å²) in [7, 11) is 0. The fourth-order valence-corrected chi connectivity index (χ4v) is 4.86. The molecule has 148 valence electrons. The highest BCUT2D eigenvalue weighted by Gasteiger charge is 2.49. The second-order valence-corrected chi connectivity index (χ2v) is 8.07. The molecule has 6 nitrogen and oxygen atoms in total. The second-order valence-electron chi connectivity index (χ2n) is 6.47. The fraction of sp³-hybridized carbons (Fsp3) is 0.500. The number of aliphatic carboxylic acids is 1. The van der Waals surface area contributed by atoms with Gasteiger partial charge in [-0.2, -0.15) is 0 Å². The molecule has 2 aliphatic rings. The summed E-state index contributed by atoms with van der Waals surface area (Å²) in [5.74, 6) is -2.33. The Hall–Kier alpha value is -1.16. The Labute approximate surface area is 164 Å². The highest BCUT2D eigenvalue weighted by atomic mass is 35.5. The van der Waals surface area contributed by atoms with Gasteiger partial charge in [0.25, 0.3) is 0 Å². The van der Waals surface area contributed by atoms with Gasteiger partial charge in [-0.1, -0.05) is 17.7 Å². The number of aliphatic hydroxyl groups is 2. The Balaban J connectivity index is 1.75. The summed E-state index contributed by atoms with van der Waals surface area (Å²) in [5, 5.41) is 28.3. The number of thioether (sulfide) groups is 1. The normalized spacial score (nSPS) is 27.0. The lowest BCUT2D eigenvalue weighted by Gasteiger charge is -2.33. The lowest BCUT2D eigenvalue weighted by atomic mass is 9.94. The molecule has 3 atom stereocenters. The summed E-state index contributed by atoms with van der Waals surface area (Å²) >= 11 is 7.43. The van der Waals surface area contributed by atoms with Crippen LogP contribution in [-0.4, -0.2) is 57.7 Å². The van der Waals surface area contributed by atoms with Crippen LogP contribution in [0.25, 0.3) is 0 Å². The van der Waals surface area contributed by atoms with Gasteiger partial charge in [-0.05, 0) is 30.2 Å². The molecule has 3 N–H and O–H groups in total. The van der Waals surface area contributed by atoms with Crippen LogP contribution < -0.4 is 0 Å². The standard InChI is InChI=1S/C18H20ClFO6S/c19-13-5-11(20)2-1-10(13)9-27-16-3-4-18(6-12(16)17(23)24)25-14(7-21)15(8-22)26-18/h1-2,5-6,14-16,21-22H,3-4,7-9H2,(H,23,24)/t14-,15-,16?/m0/s1. The van der Waals surface area contributed by atoms with Crippen LogP contribution in [0.5, 0.6) is 0 Å². The first kappa shape index (κ1) is 20.6. The third kappa shape index (κ3) is 4.47. The molecule has 0 aromatic heterocycles. The second kappa shape index (κ2) is 8.46. The molecule has 1 aromatic rings. The molecule has 27 heavy (non-hydrogen) atoms. The Morgan fingerprint density at radius 1 is 1.30 bits per heavy atom. The van der Waals surface area contributed by atoms with Crippen LogP contribution in [0, 0.1) is 5.82 Å². The SMILES string of the molecule is O=C(O)C1=CC2(CCC1SCc1ccc(F)cc1Cl)O[C@@H](CO)[C@H](CO)O2. The molecule has 1 saturated heterocycles. The summed E-state index contributed by atoms with van der Waals surface area (Å²) in [5.41, 5.74) is 0.863. The number of carboxylic acids is 1. The van der Waals surface area contributed by atoms with Gasteiger partial charge in [-0.25, -0.2) is 9.18 Å². The van der Waals surface area contributed by atoms with E-state index in [4.69, 9.17) is 21.1 Å². The van der Waals surface area contributed by atoms with Gasteiger partial charge in [-0.3, -0.25) is 0 Å². The Bertz CT molecular complexity index is 731. The van der Waals surface area contributed by atoms with Crippen molar-refractivity contribution in [1.29, 1.82) is 0 Å². The minimum Gasteiger partial charge on any atom is -0.478 e. The van der Waals surface area contributed by atoms with E-state index in [0.29, 0.717) is 23.6 Å². The zero-order valence-corrected chi connectivity index (χ0v) is 15.9. The molecular weight excluding hydrogens is 399 g/mol. The Morgan fingerprint density at radius 2 is 1.96 bits per heavy atom. The Morgan fingerprint density at radius 3 is 2.52 bits per heavy atom. The van der Waals surface area contributed by atoms with Crippen molar-refractivity contribution in [2.45, 2.75) is 41.8 Å². The quantitative estimate of drug-likeness (QED) is 0.652. The number of carboxylic acid groups (broad SMARTS) is 1. The molecule has 1 unspecified atom stereocenters. The summed E-state index contributed by atoms with van der Waals surface area (Å²) in [6.45, 7) is -0.658.